The van der Waals surface area contributed by atoms with Gasteiger partial charge in [-0.3, -0.25) is 4.90 Å². The maximum absolute atomic E-state index is 12.6. The first kappa shape index (κ1) is 19.7. The minimum absolute atomic E-state index is 0.0328. The minimum atomic E-state index is -0.179. The third-order valence-corrected chi connectivity index (χ3v) is 4.55. The summed E-state index contributed by atoms with van der Waals surface area (Å²) in [4.78, 5) is 17.0. The minimum Gasteiger partial charge on any atom is -0.379 e. The van der Waals surface area contributed by atoms with Crippen LogP contribution in [0, 0.1) is 0 Å². The van der Waals surface area contributed by atoms with Crippen LogP contribution in [0.4, 0.5) is 4.79 Å². The number of hydrogen-bond donors (Lipinski definition) is 1. The molecule has 1 saturated heterocycles. The number of ether oxygens (including phenoxy) is 1. The fraction of sp³-hybridized carbons (Fsp3) is 0.650. The molecular formula is C20H33N3O2. The van der Waals surface area contributed by atoms with Crippen LogP contribution in [0.25, 0.3) is 0 Å². The summed E-state index contributed by atoms with van der Waals surface area (Å²) in [6, 6.07) is 10.3. The van der Waals surface area contributed by atoms with Crippen LogP contribution in [0.2, 0.25) is 0 Å². The Morgan fingerprint density at radius 1 is 1.20 bits per heavy atom. The highest BCUT2D eigenvalue weighted by atomic mass is 16.5. The van der Waals surface area contributed by atoms with Gasteiger partial charge in [-0.25, -0.2) is 4.79 Å². The molecule has 1 aromatic carbocycles. The average molecular weight is 348 g/mol. The number of amides is 2. The first-order valence-corrected chi connectivity index (χ1v) is 9.36. The number of nitrogens with one attached hydrogen (secondary N) is 1. The van der Waals surface area contributed by atoms with Crippen molar-refractivity contribution >= 4 is 6.03 Å². The molecule has 1 fully saturated rings. The van der Waals surface area contributed by atoms with Crippen molar-refractivity contribution in [2.75, 3.05) is 45.9 Å². The summed E-state index contributed by atoms with van der Waals surface area (Å²) in [5.41, 5.74) is 1.07. The molecule has 0 saturated carbocycles. The Kier molecular flexibility index (Phi) is 7.72. The maximum atomic E-state index is 12.6. The van der Waals surface area contributed by atoms with Gasteiger partial charge in [0.05, 0.1) is 13.2 Å². The summed E-state index contributed by atoms with van der Waals surface area (Å²) >= 11 is 0. The van der Waals surface area contributed by atoms with Crippen LogP contribution in [0.3, 0.4) is 0 Å². The van der Waals surface area contributed by atoms with Gasteiger partial charge in [-0.1, -0.05) is 30.3 Å². The molecule has 0 aromatic heterocycles. The lowest BCUT2D eigenvalue weighted by Crippen LogP contribution is -2.51. The van der Waals surface area contributed by atoms with Gasteiger partial charge in [0.2, 0.25) is 0 Å². The predicted octanol–water partition coefficient (Wildman–Crippen LogP) is 2.76. The summed E-state index contributed by atoms with van der Waals surface area (Å²) in [6.07, 6.45) is 1.85. The maximum Gasteiger partial charge on any atom is 0.317 e. The number of nitrogens with zero attached hydrogens (tertiary/aromatic N) is 2. The molecule has 0 bridgehead atoms. The zero-order valence-electron chi connectivity index (χ0n) is 16.0. The van der Waals surface area contributed by atoms with Gasteiger partial charge in [-0.15, -0.1) is 0 Å². The number of carbonyl (C=O) groups is 1. The third kappa shape index (κ3) is 7.04. The number of rotatable bonds is 7. The third-order valence-electron chi connectivity index (χ3n) is 4.55. The highest BCUT2D eigenvalue weighted by Gasteiger charge is 2.26. The molecule has 1 aliphatic rings. The second-order valence-corrected chi connectivity index (χ2v) is 7.60. The molecular weight excluding hydrogens is 314 g/mol. The number of urea groups is 1. The molecule has 0 radical (unpaired) electrons. The highest BCUT2D eigenvalue weighted by Crippen LogP contribution is 2.14. The predicted molar refractivity (Wildman–Crippen MR) is 102 cm³/mol. The van der Waals surface area contributed by atoms with Crippen LogP contribution in [-0.4, -0.2) is 67.3 Å². The average Bonchev–Trinajstić information content (AvgIpc) is 2.59. The Balaban J connectivity index is 1.76. The lowest BCUT2D eigenvalue weighted by Gasteiger charge is -2.36. The molecule has 2 rings (SSSR count). The molecule has 0 atom stereocenters. The van der Waals surface area contributed by atoms with E-state index in [9.17, 15) is 4.79 Å². The molecule has 5 nitrogen and oxygen atoms in total. The molecule has 5 heteroatoms. The first-order chi connectivity index (χ1) is 12.0. The van der Waals surface area contributed by atoms with Gasteiger partial charge in [-0.05, 0) is 39.2 Å². The normalized spacial score (nSPS) is 15.8. The summed E-state index contributed by atoms with van der Waals surface area (Å²) in [5.74, 6) is 0. The Bertz CT molecular complexity index is 507. The van der Waals surface area contributed by atoms with Gasteiger partial charge in [-0.2, -0.15) is 0 Å². The molecule has 1 aromatic rings. The van der Waals surface area contributed by atoms with E-state index in [2.05, 4.69) is 43.1 Å². The first-order valence-electron chi connectivity index (χ1n) is 9.36. The Labute approximate surface area is 152 Å². The number of hydrogen-bond acceptors (Lipinski definition) is 3. The Morgan fingerprint density at radius 3 is 2.52 bits per heavy atom. The van der Waals surface area contributed by atoms with Gasteiger partial charge in [0.1, 0.15) is 0 Å². The van der Waals surface area contributed by atoms with Crippen LogP contribution in [0.5, 0.6) is 0 Å². The van der Waals surface area contributed by atoms with Crippen molar-refractivity contribution < 1.29 is 9.53 Å². The van der Waals surface area contributed by atoms with E-state index in [1.165, 1.54) is 5.56 Å². The van der Waals surface area contributed by atoms with Crippen LogP contribution in [0.1, 0.15) is 32.8 Å². The molecule has 2 amide bonds. The molecule has 0 unspecified atom stereocenters. The second kappa shape index (κ2) is 9.78. The van der Waals surface area contributed by atoms with Crippen LogP contribution < -0.4 is 5.32 Å². The SMILES string of the molecule is CC(C)(C)N(CCCN1CCOCC1)C(=O)NCCc1ccccc1. The highest BCUT2D eigenvalue weighted by molar-refractivity contribution is 5.75. The van der Waals surface area contributed by atoms with E-state index < -0.39 is 0 Å². The number of carbonyl (C=O) groups excluding carboxylic acids is 1. The van der Waals surface area contributed by atoms with E-state index in [0.717, 1.165) is 52.2 Å². The van der Waals surface area contributed by atoms with Crippen molar-refractivity contribution in [2.24, 2.45) is 0 Å². The second-order valence-electron chi connectivity index (χ2n) is 7.60. The lowest BCUT2D eigenvalue weighted by atomic mass is 10.1. The monoisotopic (exact) mass is 347 g/mol. The molecule has 25 heavy (non-hydrogen) atoms. The van der Waals surface area contributed by atoms with Crippen molar-refractivity contribution in [3.8, 4) is 0 Å². The van der Waals surface area contributed by atoms with Crippen LogP contribution in [0.15, 0.2) is 30.3 Å². The molecule has 0 spiro atoms. The lowest BCUT2D eigenvalue weighted by molar-refractivity contribution is 0.0353. The topological polar surface area (TPSA) is 44.8 Å². The van der Waals surface area contributed by atoms with E-state index >= 15 is 0 Å². The van der Waals surface area contributed by atoms with Crippen molar-refractivity contribution in [3.63, 3.8) is 0 Å². The molecule has 1 aliphatic heterocycles. The molecule has 1 N–H and O–H groups in total. The fourth-order valence-electron chi connectivity index (χ4n) is 3.07. The fourth-order valence-corrected chi connectivity index (χ4v) is 3.07. The van der Waals surface area contributed by atoms with Gasteiger partial charge >= 0.3 is 6.03 Å². The van der Waals surface area contributed by atoms with Crippen molar-refractivity contribution in [2.45, 2.75) is 39.2 Å². The van der Waals surface area contributed by atoms with E-state index in [0.29, 0.717) is 6.54 Å². The van der Waals surface area contributed by atoms with Crippen molar-refractivity contribution in [3.05, 3.63) is 35.9 Å². The zero-order chi connectivity index (χ0) is 18.1. The van der Waals surface area contributed by atoms with Gasteiger partial charge in [0, 0.05) is 38.3 Å². The largest absolute Gasteiger partial charge is 0.379 e. The van der Waals surface area contributed by atoms with Crippen molar-refractivity contribution in [1.29, 1.82) is 0 Å². The standard InChI is InChI=1S/C20H33N3O2/c1-20(2,3)23(13-7-12-22-14-16-25-17-15-22)19(24)21-11-10-18-8-5-4-6-9-18/h4-6,8-9H,7,10-17H2,1-3H3,(H,21,24). The van der Waals surface area contributed by atoms with Gasteiger partial charge in [0.25, 0.3) is 0 Å². The van der Waals surface area contributed by atoms with Crippen LogP contribution >= 0.6 is 0 Å². The summed E-state index contributed by atoms with van der Waals surface area (Å²) in [7, 11) is 0. The Hall–Kier alpha value is -1.59. The molecule has 140 valence electrons. The summed E-state index contributed by atoms with van der Waals surface area (Å²) < 4.78 is 5.38. The van der Waals surface area contributed by atoms with Crippen LogP contribution in [-0.2, 0) is 11.2 Å². The summed E-state index contributed by atoms with van der Waals surface area (Å²) in [6.45, 7) is 12.4. The molecule has 0 aliphatic carbocycles. The van der Waals surface area contributed by atoms with E-state index in [-0.39, 0.29) is 11.6 Å². The van der Waals surface area contributed by atoms with Gasteiger partial charge < -0.3 is 15.0 Å². The van der Waals surface area contributed by atoms with E-state index in [1.54, 1.807) is 0 Å². The quantitative estimate of drug-likeness (QED) is 0.825. The number of morpholine rings is 1. The smallest absolute Gasteiger partial charge is 0.317 e. The summed E-state index contributed by atoms with van der Waals surface area (Å²) in [5, 5.41) is 3.08. The zero-order valence-corrected chi connectivity index (χ0v) is 16.0. The van der Waals surface area contributed by atoms with Gasteiger partial charge in [0.15, 0.2) is 0 Å². The van der Waals surface area contributed by atoms with E-state index in [1.807, 2.05) is 23.1 Å². The molecule has 1 heterocycles. The van der Waals surface area contributed by atoms with Crippen molar-refractivity contribution in [1.82, 2.24) is 15.1 Å². The Morgan fingerprint density at radius 2 is 1.88 bits per heavy atom. The van der Waals surface area contributed by atoms with E-state index in [4.69, 9.17) is 4.74 Å². The number of benzene rings is 1.